The molecule has 0 radical (unpaired) electrons. The lowest BCUT2D eigenvalue weighted by atomic mass is 10.1. The van der Waals surface area contributed by atoms with E-state index < -0.39 is 0 Å². The maximum Gasteiger partial charge on any atom is 0.133 e. The van der Waals surface area contributed by atoms with Crippen molar-refractivity contribution < 1.29 is 4.74 Å². The molecule has 1 aliphatic heterocycles. The van der Waals surface area contributed by atoms with Gasteiger partial charge in [0, 0.05) is 30.6 Å². The lowest BCUT2D eigenvalue weighted by Crippen LogP contribution is -2.37. The Bertz CT molecular complexity index is 579. The van der Waals surface area contributed by atoms with Crippen LogP contribution in [0.1, 0.15) is 12.5 Å². The summed E-state index contributed by atoms with van der Waals surface area (Å²) < 4.78 is 5.44. The van der Waals surface area contributed by atoms with Crippen LogP contribution in [0.5, 0.6) is 0 Å². The summed E-state index contributed by atoms with van der Waals surface area (Å²) in [6.07, 6.45) is 0. The Balaban J connectivity index is 2.01. The van der Waals surface area contributed by atoms with E-state index in [1.807, 2.05) is 6.07 Å². The Hall–Kier alpha value is -1.65. The minimum absolute atomic E-state index is 0.787. The van der Waals surface area contributed by atoms with E-state index in [4.69, 9.17) is 9.72 Å². The number of para-hydroxylation sites is 1. The lowest BCUT2D eigenvalue weighted by molar-refractivity contribution is 0.122. The largest absolute Gasteiger partial charge is 0.378 e. The zero-order chi connectivity index (χ0) is 13.8. The van der Waals surface area contributed by atoms with Crippen molar-refractivity contribution in [2.24, 2.45) is 0 Å². The highest BCUT2D eigenvalue weighted by molar-refractivity contribution is 5.81. The van der Waals surface area contributed by atoms with Crippen molar-refractivity contribution in [3.05, 3.63) is 35.9 Å². The van der Waals surface area contributed by atoms with Crippen LogP contribution in [0, 0.1) is 0 Å². The molecule has 1 aromatic carbocycles. The van der Waals surface area contributed by atoms with E-state index in [2.05, 4.69) is 41.4 Å². The number of benzene rings is 1. The molecule has 3 rings (SSSR count). The molecule has 0 spiro atoms. The van der Waals surface area contributed by atoms with Crippen LogP contribution in [-0.2, 0) is 11.3 Å². The topological polar surface area (TPSA) is 37.4 Å². The van der Waals surface area contributed by atoms with Gasteiger partial charge in [0.2, 0.25) is 0 Å². The van der Waals surface area contributed by atoms with E-state index in [0.29, 0.717) is 0 Å². The highest BCUT2D eigenvalue weighted by atomic mass is 16.5. The van der Waals surface area contributed by atoms with Crippen LogP contribution in [0.25, 0.3) is 10.9 Å². The molecule has 0 amide bonds. The predicted octanol–water partition coefficient (Wildman–Crippen LogP) is 2.18. The fraction of sp³-hybridized carbons (Fsp3) is 0.438. The molecule has 0 atom stereocenters. The fourth-order valence-electron chi connectivity index (χ4n) is 2.59. The Morgan fingerprint density at radius 3 is 2.85 bits per heavy atom. The maximum atomic E-state index is 5.44. The van der Waals surface area contributed by atoms with Crippen LogP contribution in [0.2, 0.25) is 0 Å². The summed E-state index contributed by atoms with van der Waals surface area (Å²) in [4.78, 5) is 7.22. The van der Waals surface area contributed by atoms with Gasteiger partial charge in [-0.25, -0.2) is 4.98 Å². The average molecular weight is 271 g/mol. The average Bonchev–Trinajstić information content (AvgIpc) is 2.53. The van der Waals surface area contributed by atoms with Gasteiger partial charge in [-0.1, -0.05) is 25.1 Å². The van der Waals surface area contributed by atoms with Crippen LogP contribution >= 0.6 is 0 Å². The second-order valence-corrected chi connectivity index (χ2v) is 5.04. The second-order valence-electron chi connectivity index (χ2n) is 5.04. The number of pyridine rings is 1. The molecule has 0 aliphatic carbocycles. The van der Waals surface area contributed by atoms with E-state index in [9.17, 15) is 0 Å². The van der Waals surface area contributed by atoms with E-state index in [1.165, 1.54) is 10.9 Å². The van der Waals surface area contributed by atoms with Gasteiger partial charge in [-0.3, -0.25) is 0 Å². The van der Waals surface area contributed by atoms with Gasteiger partial charge >= 0.3 is 0 Å². The Kier molecular flexibility index (Phi) is 4.14. The first-order chi connectivity index (χ1) is 9.88. The lowest BCUT2D eigenvalue weighted by Gasteiger charge is -2.29. The molecule has 0 unspecified atom stereocenters. The summed E-state index contributed by atoms with van der Waals surface area (Å²) in [6.45, 7) is 7.37. The van der Waals surface area contributed by atoms with Gasteiger partial charge in [0.25, 0.3) is 0 Å². The van der Waals surface area contributed by atoms with Crippen LogP contribution < -0.4 is 10.2 Å². The number of nitrogens with zero attached hydrogens (tertiary/aromatic N) is 2. The third kappa shape index (κ3) is 2.76. The van der Waals surface area contributed by atoms with E-state index in [-0.39, 0.29) is 0 Å². The molecule has 1 fully saturated rings. The number of hydrogen-bond acceptors (Lipinski definition) is 4. The molecule has 2 aromatic rings. The number of hydrogen-bond donors (Lipinski definition) is 1. The Labute approximate surface area is 119 Å². The van der Waals surface area contributed by atoms with Crippen LogP contribution in [-0.4, -0.2) is 37.8 Å². The van der Waals surface area contributed by atoms with Crippen LogP contribution in [0.3, 0.4) is 0 Å². The van der Waals surface area contributed by atoms with Crippen LogP contribution in [0.4, 0.5) is 5.82 Å². The molecule has 1 aromatic heterocycles. The smallest absolute Gasteiger partial charge is 0.133 e. The molecule has 0 saturated carbocycles. The molecular formula is C16H21N3O. The third-order valence-corrected chi connectivity index (χ3v) is 3.66. The van der Waals surface area contributed by atoms with Crippen molar-refractivity contribution in [3.63, 3.8) is 0 Å². The van der Waals surface area contributed by atoms with Gasteiger partial charge < -0.3 is 15.0 Å². The van der Waals surface area contributed by atoms with Gasteiger partial charge in [-0.2, -0.15) is 0 Å². The monoisotopic (exact) mass is 271 g/mol. The normalized spacial score (nSPS) is 15.8. The molecular weight excluding hydrogens is 250 g/mol. The van der Waals surface area contributed by atoms with Crippen molar-refractivity contribution in [1.29, 1.82) is 0 Å². The summed E-state index contributed by atoms with van der Waals surface area (Å²) in [7, 11) is 0. The zero-order valence-electron chi connectivity index (χ0n) is 11.9. The molecule has 4 nitrogen and oxygen atoms in total. The van der Waals surface area contributed by atoms with Gasteiger partial charge in [0.1, 0.15) is 5.82 Å². The highest BCUT2D eigenvalue weighted by Crippen LogP contribution is 2.24. The summed E-state index contributed by atoms with van der Waals surface area (Å²) >= 11 is 0. The van der Waals surface area contributed by atoms with E-state index in [0.717, 1.165) is 50.7 Å². The van der Waals surface area contributed by atoms with E-state index >= 15 is 0 Å². The van der Waals surface area contributed by atoms with Crippen molar-refractivity contribution in [2.75, 3.05) is 37.7 Å². The zero-order valence-corrected chi connectivity index (χ0v) is 11.9. The third-order valence-electron chi connectivity index (χ3n) is 3.66. The number of morpholine rings is 1. The van der Waals surface area contributed by atoms with Gasteiger partial charge in [0.15, 0.2) is 0 Å². The SMILES string of the molecule is CCNCc1cc2ccccc2nc1N1CCOCC1. The molecule has 1 aliphatic rings. The molecule has 1 N–H and O–H groups in total. The fourth-order valence-corrected chi connectivity index (χ4v) is 2.59. The molecule has 1 saturated heterocycles. The molecule has 4 heteroatoms. The second kappa shape index (κ2) is 6.20. The summed E-state index contributed by atoms with van der Waals surface area (Å²) in [5.41, 5.74) is 2.33. The van der Waals surface area contributed by atoms with Crippen molar-refractivity contribution in [2.45, 2.75) is 13.5 Å². The Morgan fingerprint density at radius 1 is 1.25 bits per heavy atom. The first-order valence-corrected chi connectivity index (χ1v) is 7.30. The molecule has 2 heterocycles. The summed E-state index contributed by atoms with van der Waals surface area (Å²) in [5, 5.41) is 4.62. The minimum Gasteiger partial charge on any atom is -0.378 e. The Morgan fingerprint density at radius 2 is 2.05 bits per heavy atom. The summed E-state index contributed by atoms with van der Waals surface area (Å²) in [6, 6.07) is 10.6. The first-order valence-electron chi connectivity index (χ1n) is 7.30. The van der Waals surface area contributed by atoms with Crippen molar-refractivity contribution in [1.82, 2.24) is 10.3 Å². The van der Waals surface area contributed by atoms with Crippen molar-refractivity contribution in [3.8, 4) is 0 Å². The quantitative estimate of drug-likeness (QED) is 0.925. The predicted molar refractivity (Wildman–Crippen MR) is 82.2 cm³/mol. The van der Waals surface area contributed by atoms with Gasteiger partial charge in [-0.15, -0.1) is 0 Å². The standard InChI is InChI=1S/C16H21N3O/c1-2-17-12-14-11-13-5-3-4-6-15(13)18-16(14)19-7-9-20-10-8-19/h3-6,11,17H,2,7-10,12H2,1H3. The molecule has 20 heavy (non-hydrogen) atoms. The number of anilines is 1. The number of aromatic nitrogens is 1. The van der Waals surface area contributed by atoms with Crippen molar-refractivity contribution >= 4 is 16.7 Å². The number of fused-ring (bicyclic) bond motifs is 1. The minimum atomic E-state index is 0.787. The summed E-state index contributed by atoms with van der Waals surface area (Å²) in [5.74, 6) is 1.10. The highest BCUT2D eigenvalue weighted by Gasteiger charge is 2.16. The molecule has 0 bridgehead atoms. The number of nitrogens with one attached hydrogen (secondary N) is 1. The molecule has 106 valence electrons. The van der Waals surface area contributed by atoms with Gasteiger partial charge in [-0.05, 0) is 18.7 Å². The number of ether oxygens (including phenoxy) is 1. The van der Waals surface area contributed by atoms with Crippen LogP contribution in [0.15, 0.2) is 30.3 Å². The van der Waals surface area contributed by atoms with E-state index in [1.54, 1.807) is 0 Å². The number of rotatable bonds is 4. The maximum absolute atomic E-state index is 5.44. The first kappa shape index (κ1) is 13.3. The van der Waals surface area contributed by atoms with Gasteiger partial charge in [0.05, 0.1) is 18.7 Å².